The van der Waals surface area contributed by atoms with Crippen molar-refractivity contribution in [3.63, 3.8) is 0 Å². The van der Waals surface area contributed by atoms with Crippen molar-refractivity contribution < 1.29 is 9.53 Å². The number of unbranched alkanes of at least 4 members (excludes halogenated alkanes) is 1. The zero-order valence-corrected chi connectivity index (χ0v) is 16.3. The Labute approximate surface area is 165 Å². The molecule has 1 atom stereocenters. The summed E-state index contributed by atoms with van der Waals surface area (Å²) in [5, 5.41) is 13.9. The van der Waals surface area contributed by atoms with Crippen LogP contribution < -0.4 is 15.4 Å². The summed E-state index contributed by atoms with van der Waals surface area (Å²) in [6.07, 6.45) is 4.50. The largest absolute Gasteiger partial charge is 0.485 e. The maximum Gasteiger partial charge on any atom is 0.319 e. The molecule has 0 saturated heterocycles. The number of benzene rings is 2. The van der Waals surface area contributed by atoms with E-state index in [1.807, 2.05) is 24.3 Å². The minimum Gasteiger partial charge on any atom is -0.485 e. The molecule has 2 rings (SSSR count). The third-order valence-electron chi connectivity index (χ3n) is 4.03. The summed E-state index contributed by atoms with van der Waals surface area (Å²) in [7, 11) is 0. The second-order valence-electron chi connectivity index (χ2n) is 6.25. The van der Waals surface area contributed by atoms with Gasteiger partial charge in [0.05, 0.1) is 0 Å². The van der Waals surface area contributed by atoms with Crippen LogP contribution >= 0.6 is 11.6 Å². The molecule has 0 spiro atoms. The Morgan fingerprint density at radius 1 is 1.19 bits per heavy atom. The molecule has 2 aromatic carbocycles. The number of amides is 2. The lowest BCUT2D eigenvalue weighted by Gasteiger charge is -2.15. The molecular formula is C21H26ClN3O2. The van der Waals surface area contributed by atoms with Crippen LogP contribution in [0.15, 0.2) is 48.5 Å². The van der Waals surface area contributed by atoms with Crippen LogP contribution in [0.25, 0.3) is 0 Å². The Bertz CT molecular complexity index is 717. The predicted octanol–water partition coefficient (Wildman–Crippen LogP) is 5.29. The van der Waals surface area contributed by atoms with Crippen LogP contribution in [0.1, 0.15) is 31.7 Å². The molecule has 0 aromatic heterocycles. The molecule has 3 N–H and O–H groups in total. The maximum atomic E-state index is 11.7. The number of carbonyl (C=O) groups excluding carboxylic acids is 1. The highest BCUT2D eigenvalue weighted by Gasteiger charge is 2.08. The van der Waals surface area contributed by atoms with Crippen molar-refractivity contribution in [1.82, 2.24) is 5.32 Å². The number of aryl methyl sites for hydroxylation is 1. The third kappa shape index (κ3) is 7.71. The van der Waals surface area contributed by atoms with Gasteiger partial charge in [0.2, 0.25) is 0 Å². The first-order valence-electron chi connectivity index (χ1n) is 9.17. The Kier molecular flexibility index (Phi) is 8.65. The molecule has 0 aliphatic rings. The van der Waals surface area contributed by atoms with Gasteiger partial charge in [-0.25, -0.2) is 4.79 Å². The fraction of sp³-hybridized carbons (Fsp3) is 0.333. The maximum absolute atomic E-state index is 11.7. The third-order valence-corrected chi connectivity index (χ3v) is 4.28. The number of halogens is 1. The van der Waals surface area contributed by atoms with E-state index >= 15 is 0 Å². The molecule has 1 unspecified atom stereocenters. The van der Waals surface area contributed by atoms with E-state index < -0.39 is 0 Å². The number of anilines is 1. The van der Waals surface area contributed by atoms with Gasteiger partial charge in [-0.05, 0) is 61.2 Å². The Morgan fingerprint density at radius 2 is 1.89 bits per heavy atom. The van der Waals surface area contributed by atoms with Crippen molar-refractivity contribution in [2.75, 3.05) is 11.9 Å². The van der Waals surface area contributed by atoms with Gasteiger partial charge in [-0.3, -0.25) is 0 Å². The molecule has 144 valence electrons. The topological polar surface area (TPSA) is 74.2 Å². The summed E-state index contributed by atoms with van der Waals surface area (Å²) in [4.78, 5) is 11.7. The average Bonchev–Trinajstić information content (AvgIpc) is 2.68. The van der Waals surface area contributed by atoms with E-state index in [1.165, 1.54) is 6.21 Å². The standard InChI is InChI=1S/C21H26ClN3O2/c1-2-3-14-24-21(26)25-18-9-12-19(13-10-18)27-20(15-23)11-6-16-4-7-17(22)8-5-16/h4-5,7-10,12-13,15,20,23H,2-3,6,11,14H2,1H3,(H2,24,25,26). The fourth-order valence-corrected chi connectivity index (χ4v) is 2.61. The highest BCUT2D eigenvalue weighted by Crippen LogP contribution is 2.18. The number of hydrogen-bond acceptors (Lipinski definition) is 3. The van der Waals surface area contributed by atoms with E-state index in [2.05, 4.69) is 17.6 Å². The number of ether oxygens (including phenoxy) is 1. The van der Waals surface area contributed by atoms with Crippen molar-refractivity contribution in [3.8, 4) is 5.75 Å². The monoisotopic (exact) mass is 387 g/mol. The molecule has 2 aromatic rings. The quantitative estimate of drug-likeness (QED) is 0.382. The van der Waals surface area contributed by atoms with Crippen molar-refractivity contribution in [1.29, 1.82) is 5.41 Å². The number of carbonyl (C=O) groups is 1. The van der Waals surface area contributed by atoms with Gasteiger partial charge in [-0.15, -0.1) is 0 Å². The molecule has 5 nitrogen and oxygen atoms in total. The second kappa shape index (κ2) is 11.2. The van der Waals surface area contributed by atoms with Gasteiger partial charge < -0.3 is 20.8 Å². The van der Waals surface area contributed by atoms with E-state index in [9.17, 15) is 4.79 Å². The van der Waals surface area contributed by atoms with E-state index in [0.29, 0.717) is 29.4 Å². The lowest BCUT2D eigenvalue weighted by Crippen LogP contribution is -2.29. The van der Waals surface area contributed by atoms with Crippen LogP contribution in [0.4, 0.5) is 10.5 Å². The first kappa shape index (κ1) is 20.8. The first-order chi connectivity index (χ1) is 13.1. The summed E-state index contributed by atoms with van der Waals surface area (Å²) in [6, 6.07) is 14.6. The van der Waals surface area contributed by atoms with Crippen LogP contribution in [-0.2, 0) is 6.42 Å². The molecule has 0 aliphatic heterocycles. The van der Waals surface area contributed by atoms with Crippen molar-refractivity contribution in [2.24, 2.45) is 0 Å². The number of hydrogen-bond donors (Lipinski definition) is 3. The van der Waals surface area contributed by atoms with Gasteiger partial charge in [0.1, 0.15) is 11.9 Å². The van der Waals surface area contributed by atoms with Crippen LogP contribution in [0.2, 0.25) is 5.02 Å². The summed E-state index contributed by atoms with van der Waals surface area (Å²) in [5.41, 5.74) is 1.85. The molecule has 27 heavy (non-hydrogen) atoms. The molecule has 0 aliphatic carbocycles. The zero-order chi connectivity index (χ0) is 19.5. The minimum atomic E-state index is -0.308. The van der Waals surface area contributed by atoms with Crippen molar-refractivity contribution >= 4 is 29.5 Å². The van der Waals surface area contributed by atoms with Crippen LogP contribution in [-0.4, -0.2) is 24.9 Å². The zero-order valence-electron chi connectivity index (χ0n) is 15.5. The SMILES string of the molecule is CCCCNC(=O)Nc1ccc(OC(C=N)CCc2ccc(Cl)cc2)cc1. The van der Waals surface area contributed by atoms with Gasteiger partial charge in [0, 0.05) is 23.5 Å². The van der Waals surface area contributed by atoms with E-state index in [0.717, 1.165) is 24.8 Å². The fourth-order valence-electron chi connectivity index (χ4n) is 2.48. The van der Waals surface area contributed by atoms with Crippen LogP contribution in [0.3, 0.4) is 0 Å². The molecule has 0 fully saturated rings. The average molecular weight is 388 g/mol. The Morgan fingerprint density at radius 3 is 2.52 bits per heavy atom. The van der Waals surface area contributed by atoms with Crippen molar-refractivity contribution in [2.45, 2.75) is 38.7 Å². The van der Waals surface area contributed by atoms with Gasteiger partial charge in [-0.2, -0.15) is 0 Å². The molecule has 0 heterocycles. The summed E-state index contributed by atoms with van der Waals surface area (Å²) in [5.74, 6) is 0.663. The molecule has 0 bridgehead atoms. The summed E-state index contributed by atoms with van der Waals surface area (Å²) in [6.45, 7) is 2.74. The van der Waals surface area contributed by atoms with Gasteiger partial charge in [-0.1, -0.05) is 37.1 Å². The van der Waals surface area contributed by atoms with E-state index in [-0.39, 0.29) is 12.1 Å². The second-order valence-corrected chi connectivity index (χ2v) is 6.68. The lowest BCUT2D eigenvalue weighted by atomic mass is 10.1. The van der Waals surface area contributed by atoms with E-state index in [1.54, 1.807) is 24.3 Å². The normalized spacial score (nSPS) is 11.5. The van der Waals surface area contributed by atoms with Crippen molar-refractivity contribution in [3.05, 3.63) is 59.1 Å². The van der Waals surface area contributed by atoms with E-state index in [4.69, 9.17) is 21.7 Å². The number of rotatable bonds is 10. The first-order valence-corrected chi connectivity index (χ1v) is 9.55. The Hall–Kier alpha value is -2.53. The molecule has 0 radical (unpaired) electrons. The molecular weight excluding hydrogens is 362 g/mol. The molecule has 2 amide bonds. The Balaban J connectivity index is 1.81. The smallest absolute Gasteiger partial charge is 0.319 e. The summed E-state index contributed by atoms with van der Waals surface area (Å²) < 4.78 is 5.85. The minimum absolute atomic E-state index is 0.211. The highest BCUT2D eigenvalue weighted by atomic mass is 35.5. The van der Waals surface area contributed by atoms with Gasteiger partial charge >= 0.3 is 6.03 Å². The molecule has 0 saturated carbocycles. The van der Waals surface area contributed by atoms with Gasteiger partial charge in [0.15, 0.2) is 0 Å². The van der Waals surface area contributed by atoms with Crippen LogP contribution in [0, 0.1) is 5.41 Å². The van der Waals surface area contributed by atoms with Crippen LogP contribution in [0.5, 0.6) is 5.75 Å². The number of urea groups is 1. The summed E-state index contributed by atoms with van der Waals surface area (Å²) >= 11 is 5.89. The molecule has 6 heteroatoms. The van der Waals surface area contributed by atoms with Gasteiger partial charge in [0.25, 0.3) is 0 Å². The number of nitrogens with one attached hydrogen (secondary N) is 3. The highest BCUT2D eigenvalue weighted by molar-refractivity contribution is 6.30. The lowest BCUT2D eigenvalue weighted by molar-refractivity contribution is 0.252. The predicted molar refractivity (Wildman–Crippen MR) is 111 cm³/mol.